The second-order valence-electron chi connectivity index (χ2n) is 3.93. The maximum absolute atomic E-state index is 12.1. The molecule has 0 saturated carbocycles. The zero-order valence-electron chi connectivity index (χ0n) is 9.99. The normalized spacial score (nSPS) is 11.6. The Hall–Kier alpha value is -2.68. The van der Waals surface area contributed by atoms with Crippen LogP contribution in [0.15, 0.2) is 46.3 Å². The lowest BCUT2D eigenvalue weighted by atomic mass is 10.4. The van der Waals surface area contributed by atoms with Gasteiger partial charge in [0.1, 0.15) is 0 Å². The Morgan fingerprint density at radius 1 is 1.15 bits per heavy atom. The van der Waals surface area contributed by atoms with Gasteiger partial charge in [-0.15, -0.1) is 0 Å². The van der Waals surface area contributed by atoms with Crippen molar-refractivity contribution in [3.05, 3.63) is 47.0 Å². The zero-order valence-corrected chi connectivity index (χ0v) is 10.8. The van der Waals surface area contributed by atoms with Gasteiger partial charge in [-0.2, -0.15) is 4.98 Å². The molecule has 0 saturated heterocycles. The van der Waals surface area contributed by atoms with Crippen LogP contribution in [0.2, 0.25) is 0 Å². The highest BCUT2D eigenvalue weighted by atomic mass is 32.2. The van der Waals surface area contributed by atoms with Crippen LogP contribution in [0.5, 0.6) is 0 Å². The summed E-state index contributed by atoms with van der Waals surface area (Å²) in [4.78, 5) is 24.4. The molecule has 8 nitrogen and oxygen atoms in total. The van der Waals surface area contributed by atoms with E-state index in [0.717, 1.165) is 0 Å². The highest BCUT2D eigenvalue weighted by molar-refractivity contribution is 7.92. The fourth-order valence-corrected chi connectivity index (χ4v) is 2.66. The van der Waals surface area contributed by atoms with Crippen molar-refractivity contribution in [2.24, 2.45) is 0 Å². The number of imidazole rings is 1. The van der Waals surface area contributed by atoms with Gasteiger partial charge in [0.25, 0.3) is 15.6 Å². The molecule has 0 unspecified atom stereocenters. The first-order valence-corrected chi connectivity index (χ1v) is 7.06. The topological polar surface area (TPSA) is 121 Å². The SMILES string of the molecule is O=c1[nH]c(NS(=O)(=O)c2ccccc2)nc2nc[nH]c12. The smallest absolute Gasteiger partial charge is 0.278 e. The summed E-state index contributed by atoms with van der Waals surface area (Å²) < 4.78 is 26.4. The lowest BCUT2D eigenvalue weighted by Crippen LogP contribution is -2.18. The molecule has 0 spiro atoms. The number of H-pyrrole nitrogens is 2. The molecule has 20 heavy (non-hydrogen) atoms. The van der Waals surface area contributed by atoms with Gasteiger partial charge in [-0.3, -0.25) is 9.78 Å². The van der Waals surface area contributed by atoms with Crippen molar-refractivity contribution in [1.82, 2.24) is 19.9 Å². The Kier molecular flexibility index (Phi) is 2.75. The van der Waals surface area contributed by atoms with Gasteiger partial charge in [0.05, 0.1) is 11.2 Å². The zero-order chi connectivity index (χ0) is 14.2. The predicted octanol–water partition coefficient (Wildman–Crippen LogP) is 0.447. The summed E-state index contributed by atoms with van der Waals surface area (Å²) in [5, 5.41) is 0. The molecule has 3 aromatic rings. The summed E-state index contributed by atoms with van der Waals surface area (Å²) in [5.74, 6) is -0.182. The lowest BCUT2D eigenvalue weighted by molar-refractivity contribution is 0.601. The van der Waals surface area contributed by atoms with Crippen LogP contribution >= 0.6 is 0 Å². The number of aromatic amines is 2. The molecule has 0 bridgehead atoms. The van der Waals surface area contributed by atoms with E-state index in [0.29, 0.717) is 0 Å². The standard InChI is InChI=1S/C11H9N5O3S/c17-10-8-9(13-6-12-8)14-11(15-10)16-20(18,19)7-4-2-1-3-5-7/h1-6H,(H3,12,13,14,15,16,17). The van der Waals surface area contributed by atoms with Crippen LogP contribution in [0.3, 0.4) is 0 Å². The third-order valence-corrected chi connectivity index (χ3v) is 3.94. The van der Waals surface area contributed by atoms with Crippen LogP contribution in [0.1, 0.15) is 0 Å². The van der Waals surface area contributed by atoms with Gasteiger partial charge in [-0.05, 0) is 12.1 Å². The Balaban J connectivity index is 2.03. The van der Waals surface area contributed by atoms with E-state index in [1.54, 1.807) is 18.2 Å². The first kappa shape index (κ1) is 12.4. The van der Waals surface area contributed by atoms with Crippen LogP contribution < -0.4 is 10.3 Å². The van der Waals surface area contributed by atoms with Crippen molar-refractivity contribution < 1.29 is 8.42 Å². The summed E-state index contributed by atoms with van der Waals surface area (Å²) in [6, 6.07) is 7.78. The van der Waals surface area contributed by atoms with Crippen LogP contribution in [-0.2, 0) is 10.0 Å². The molecule has 0 aliphatic rings. The van der Waals surface area contributed by atoms with Crippen LogP contribution in [0.4, 0.5) is 5.95 Å². The molecule has 9 heteroatoms. The van der Waals surface area contributed by atoms with Crippen molar-refractivity contribution in [1.29, 1.82) is 0 Å². The number of hydrogen-bond donors (Lipinski definition) is 3. The number of anilines is 1. The molecule has 0 radical (unpaired) electrons. The summed E-state index contributed by atoms with van der Waals surface area (Å²) in [6.45, 7) is 0. The predicted molar refractivity (Wildman–Crippen MR) is 71.8 cm³/mol. The molecule has 102 valence electrons. The van der Waals surface area contributed by atoms with Crippen molar-refractivity contribution in [3.8, 4) is 0 Å². The van der Waals surface area contributed by atoms with Gasteiger partial charge in [0, 0.05) is 0 Å². The van der Waals surface area contributed by atoms with Gasteiger partial charge in [-0.25, -0.2) is 18.1 Å². The molecular formula is C11H9N5O3S. The van der Waals surface area contributed by atoms with E-state index in [4.69, 9.17) is 0 Å². The average Bonchev–Trinajstić information content (AvgIpc) is 2.88. The van der Waals surface area contributed by atoms with Crippen LogP contribution in [-0.4, -0.2) is 28.4 Å². The van der Waals surface area contributed by atoms with Crippen molar-refractivity contribution in [2.45, 2.75) is 4.90 Å². The average molecular weight is 291 g/mol. The van der Waals surface area contributed by atoms with E-state index in [9.17, 15) is 13.2 Å². The third kappa shape index (κ3) is 2.14. The van der Waals surface area contributed by atoms with Crippen LogP contribution in [0.25, 0.3) is 11.2 Å². The van der Waals surface area contributed by atoms with Crippen molar-refractivity contribution in [2.75, 3.05) is 4.72 Å². The van der Waals surface area contributed by atoms with Gasteiger partial charge in [0.15, 0.2) is 11.2 Å². The molecule has 1 aromatic carbocycles. The third-order valence-electron chi connectivity index (χ3n) is 2.58. The van der Waals surface area contributed by atoms with E-state index in [-0.39, 0.29) is 22.0 Å². The number of hydrogen-bond acceptors (Lipinski definition) is 5. The fourth-order valence-electron chi connectivity index (χ4n) is 1.68. The second-order valence-corrected chi connectivity index (χ2v) is 5.62. The Morgan fingerprint density at radius 2 is 1.90 bits per heavy atom. The summed E-state index contributed by atoms with van der Waals surface area (Å²) in [5.41, 5.74) is -0.176. The largest absolute Gasteiger partial charge is 0.339 e. The second kappa shape index (κ2) is 4.46. The molecule has 0 amide bonds. The number of nitrogens with one attached hydrogen (secondary N) is 3. The Labute approximate surface area is 113 Å². The molecule has 0 aliphatic carbocycles. The van der Waals surface area contributed by atoms with Crippen molar-refractivity contribution >= 4 is 27.1 Å². The molecule has 0 atom stereocenters. The Morgan fingerprint density at radius 3 is 2.65 bits per heavy atom. The number of rotatable bonds is 3. The molecule has 0 aliphatic heterocycles. The first-order chi connectivity index (χ1) is 9.56. The molecule has 2 aromatic heterocycles. The number of sulfonamides is 1. The maximum Gasteiger partial charge on any atom is 0.278 e. The van der Waals surface area contributed by atoms with E-state index in [2.05, 4.69) is 24.7 Å². The molecule has 2 heterocycles. The van der Waals surface area contributed by atoms with Gasteiger partial charge >= 0.3 is 0 Å². The highest BCUT2D eigenvalue weighted by Crippen LogP contribution is 2.12. The van der Waals surface area contributed by atoms with E-state index < -0.39 is 15.6 Å². The van der Waals surface area contributed by atoms with E-state index in [1.165, 1.54) is 18.5 Å². The van der Waals surface area contributed by atoms with Gasteiger partial charge in [0.2, 0.25) is 5.95 Å². The van der Waals surface area contributed by atoms with E-state index in [1.807, 2.05) is 0 Å². The summed E-state index contributed by atoms with van der Waals surface area (Å²) in [6.07, 6.45) is 1.31. The van der Waals surface area contributed by atoms with Crippen molar-refractivity contribution in [3.63, 3.8) is 0 Å². The monoisotopic (exact) mass is 291 g/mol. The van der Waals surface area contributed by atoms with E-state index >= 15 is 0 Å². The van der Waals surface area contributed by atoms with Gasteiger partial charge in [-0.1, -0.05) is 18.2 Å². The van der Waals surface area contributed by atoms with Gasteiger partial charge < -0.3 is 4.98 Å². The first-order valence-electron chi connectivity index (χ1n) is 5.57. The summed E-state index contributed by atoms with van der Waals surface area (Å²) in [7, 11) is -3.80. The minimum atomic E-state index is -3.80. The molecule has 3 N–H and O–H groups in total. The molecule has 0 fully saturated rings. The molecule has 3 rings (SSSR count). The van der Waals surface area contributed by atoms with Crippen LogP contribution in [0, 0.1) is 0 Å². The highest BCUT2D eigenvalue weighted by Gasteiger charge is 2.16. The quantitative estimate of drug-likeness (QED) is 0.647. The lowest BCUT2D eigenvalue weighted by Gasteiger charge is -2.06. The Bertz CT molecular complexity index is 914. The number of nitrogens with zero attached hydrogens (tertiary/aromatic N) is 2. The number of benzene rings is 1. The summed E-state index contributed by atoms with van der Waals surface area (Å²) >= 11 is 0. The fraction of sp³-hybridized carbons (Fsp3) is 0. The number of fused-ring (bicyclic) bond motifs is 1. The minimum Gasteiger partial charge on any atom is -0.339 e. The maximum atomic E-state index is 12.1. The minimum absolute atomic E-state index is 0.0739. The number of aromatic nitrogens is 4. The molecular weight excluding hydrogens is 282 g/mol.